The van der Waals surface area contributed by atoms with Crippen LogP contribution in [0.2, 0.25) is 0 Å². The number of allylic oxidation sites excluding steroid dienone is 1. The van der Waals surface area contributed by atoms with Gasteiger partial charge in [-0.1, -0.05) is 38.1 Å². The zero-order chi connectivity index (χ0) is 41.7. The predicted octanol–water partition coefficient (Wildman–Crippen LogP) is 4.56. The Kier molecular flexibility index (Phi) is 11.5. The number of fused-ring (bicyclic) bond motifs is 3. The zero-order valence-corrected chi connectivity index (χ0v) is 33.2. The van der Waals surface area contributed by atoms with Crippen LogP contribution < -0.4 is 19.5 Å². The summed E-state index contributed by atoms with van der Waals surface area (Å²) in [6, 6.07) is 3.54. The number of nitrogens with zero attached hydrogens (tertiary/aromatic N) is 4. The molecule has 3 heterocycles. The van der Waals surface area contributed by atoms with Gasteiger partial charge in [0, 0.05) is 12.3 Å². The van der Waals surface area contributed by atoms with Gasteiger partial charge in [-0.05, 0) is 83.3 Å². The van der Waals surface area contributed by atoms with Gasteiger partial charge in [0.15, 0.2) is 0 Å². The van der Waals surface area contributed by atoms with Crippen molar-refractivity contribution >= 4 is 44.6 Å². The highest BCUT2D eigenvalue weighted by atomic mass is 32.2. The molecule has 1 aromatic heterocycles. The molecule has 2 aromatic rings. The van der Waals surface area contributed by atoms with E-state index in [1.807, 2.05) is 6.92 Å². The predicted molar refractivity (Wildman–Crippen MR) is 199 cm³/mol. The Labute approximate surface area is 328 Å². The van der Waals surface area contributed by atoms with Crippen molar-refractivity contribution in [1.29, 1.82) is 0 Å². The van der Waals surface area contributed by atoms with Crippen molar-refractivity contribution in [2.24, 2.45) is 17.8 Å². The molecule has 2 aliphatic carbocycles. The van der Waals surface area contributed by atoms with Gasteiger partial charge in [0.2, 0.25) is 33.6 Å². The van der Waals surface area contributed by atoms with Crippen molar-refractivity contribution in [3.05, 3.63) is 36.4 Å². The summed E-state index contributed by atoms with van der Waals surface area (Å²) in [4.78, 5) is 57.3. The van der Waals surface area contributed by atoms with Crippen LogP contribution in [0, 0.1) is 17.8 Å². The number of ether oxygens (including phenoxy) is 2. The van der Waals surface area contributed by atoms with E-state index in [0.29, 0.717) is 56.9 Å². The van der Waals surface area contributed by atoms with Crippen molar-refractivity contribution < 1.29 is 55.3 Å². The van der Waals surface area contributed by atoms with Gasteiger partial charge >= 0.3 is 12.3 Å². The largest absolute Gasteiger partial charge is 0.476 e. The first-order chi connectivity index (χ1) is 26.7. The summed E-state index contributed by atoms with van der Waals surface area (Å²) in [7, 11) is -4.02. The van der Waals surface area contributed by atoms with E-state index in [2.05, 4.69) is 20.2 Å². The van der Waals surface area contributed by atoms with Gasteiger partial charge < -0.3 is 24.8 Å². The third-order valence-corrected chi connectivity index (χ3v) is 13.4. The summed E-state index contributed by atoms with van der Waals surface area (Å²) < 4.78 is 83.8. The molecule has 2 saturated carbocycles. The van der Waals surface area contributed by atoms with E-state index < -0.39 is 86.4 Å². The van der Waals surface area contributed by atoms with Gasteiger partial charge in [-0.15, -0.1) is 10.2 Å². The molecule has 4 aliphatic rings. The van der Waals surface area contributed by atoms with Crippen LogP contribution in [0.3, 0.4) is 0 Å². The molecule has 0 bridgehead atoms. The summed E-state index contributed by atoms with van der Waals surface area (Å²) in [5.74, 6) is -4.37. The monoisotopic (exact) mass is 822 g/mol. The Balaban J connectivity index is 1.42. The second kappa shape index (κ2) is 15.6. The maximum Gasteiger partial charge on any atom is 0.411 e. The topological polar surface area (TPSA) is 197 Å². The second-order valence-electron chi connectivity index (χ2n) is 16.2. The summed E-state index contributed by atoms with van der Waals surface area (Å²) in [5, 5.41) is 21.8. The number of alkyl halides is 3. The van der Waals surface area contributed by atoms with Crippen LogP contribution in [-0.4, -0.2) is 111 Å². The van der Waals surface area contributed by atoms with Crippen molar-refractivity contribution in [3.8, 4) is 11.8 Å². The smallest absolute Gasteiger partial charge is 0.411 e. The maximum atomic E-state index is 15.0. The highest BCUT2D eigenvalue weighted by Gasteiger charge is 2.63. The Bertz CT molecular complexity index is 2040. The Hall–Kier alpha value is -4.68. The third kappa shape index (κ3) is 8.34. The molecule has 0 radical (unpaired) electrons. The van der Waals surface area contributed by atoms with E-state index in [-0.39, 0.29) is 48.4 Å². The molecule has 4 amide bonds. The first-order valence-corrected chi connectivity index (χ1v) is 20.8. The first-order valence-electron chi connectivity index (χ1n) is 19.2. The quantitative estimate of drug-likeness (QED) is 0.300. The molecule has 6 rings (SSSR count). The number of hydrogen-bond donors (Lipinski definition) is 3. The van der Waals surface area contributed by atoms with Gasteiger partial charge in [-0.2, -0.15) is 13.2 Å². The molecule has 1 aromatic carbocycles. The Morgan fingerprint density at radius 2 is 1.72 bits per heavy atom. The molecule has 2 aliphatic heterocycles. The lowest BCUT2D eigenvalue weighted by Crippen LogP contribution is -2.66. The lowest BCUT2D eigenvalue weighted by atomic mass is 9.85. The molecule has 57 heavy (non-hydrogen) atoms. The van der Waals surface area contributed by atoms with Crippen molar-refractivity contribution in [3.63, 3.8) is 0 Å². The molecular weight excluding hydrogens is 774 g/mol. The molecule has 7 atom stereocenters. The average molecular weight is 823 g/mol. The number of sulfonamides is 1. The van der Waals surface area contributed by atoms with Gasteiger partial charge in [0.1, 0.15) is 29.3 Å². The molecule has 15 nitrogen and oxygen atoms in total. The molecule has 19 heteroatoms. The zero-order valence-electron chi connectivity index (χ0n) is 32.4. The highest BCUT2D eigenvalue weighted by molar-refractivity contribution is 7.91. The normalized spacial score (nSPS) is 28.7. The van der Waals surface area contributed by atoms with Crippen LogP contribution in [0.5, 0.6) is 11.8 Å². The molecule has 3 N–H and O–H groups in total. The molecule has 312 valence electrons. The van der Waals surface area contributed by atoms with Gasteiger partial charge in [-0.3, -0.25) is 24.0 Å². The van der Waals surface area contributed by atoms with E-state index in [1.165, 1.54) is 6.92 Å². The lowest BCUT2D eigenvalue weighted by molar-refractivity contribution is -0.222. The van der Waals surface area contributed by atoms with Gasteiger partial charge in [-0.25, -0.2) is 13.2 Å². The number of hydrogen-bond acceptors (Lipinski definition) is 10. The Morgan fingerprint density at radius 1 is 1.07 bits per heavy atom. The van der Waals surface area contributed by atoms with E-state index in [1.54, 1.807) is 43.3 Å². The number of carbonyl (C=O) groups excluding carboxylic acids is 3. The number of carbonyl (C=O) groups is 4. The van der Waals surface area contributed by atoms with Crippen LogP contribution >= 0.6 is 0 Å². The number of benzene rings is 1. The molecule has 0 unspecified atom stereocenters. The summed E-state index contributed by atoms with van der Waals surface area (Å²) in [6.07, 6.45) is -2.85. The van der Waals surface area contributed by atoms with E-state index >= 15 is 0 Å². The van der Waals surface area contributed by atoms with Crippen molar-refractivity contribution in [2.75, 3.05) is 13.2 Å². The highest BCUT2D eigenvalue weighted by Crippen LogP contribution is 2.47. The SMILES string of the molecule is CCOc1nnc(O[C@@H]2C[C@H]3C(=O)N[C@]4(C(=O)NS(=O)(=O)C5CC5)C[C@H]4C=CCC[C@@H](C)C[C@@H](C)[C@H](N(C(=O)O)C(C)(C)C(F)(F)F)C(=O)N3C2)c2ccccc12. The fraction of sp³-hybridized carbons (Fsp3) is 0.632. The lowest BCUT2D eigenvalue weighted by Gasteiger charge is -2.45. The fourth-order valence-electron chi connectivity index (χ4n) is 8.03. The van der Waals surface area contributed by atoms with Crippen LogP contribution in [0.1, 0.15) is 79.6 Å². The van der Waals surface area contributed by atoms with E-state index in [0.717, 1.165) is 4.90 Å². The number of amides is 4. The maximum absolute atomic E-state index is 15.0. The minimum atomic E-state index is -5.10. The van der Waals surface area contributed by atoms with Crippen molar-refractivity contribution in [1.82, 2.24) is 30.0 Å². The standard InChI is InChI=1S/C38H49F3N6O9S/c1-6-55-31-26-13-9-10-14-27(26)32(44-43-31)56-24-18-28-30(48)42-37(34(50)45-57(53,54)25-15-16-25)19-23(37)12-8-7-11-21(2)17-22(3)29(33(49)46(28)20-24)47(35(51)52)36(4,5)38(39,40)41/h8-10,12-14,21-25,28-29H,6-7,11,15-20H2,1-5H3,(H,42,48)(H,45,50)(H,51,52)/t21-,22-,23-,24-,28+,29+,37-/m1/s1. The third-order valence-electron chi connectivity index (χ3n) is 11.5. The fourth-order valence-corrected chi connectivity index (χ4v) is 9.39. The van der Waals surface area contributed by atoms with Crippen LogP contribution in [0.4, 0.5) is 18.0 Å². The summed E-state index contributed by atoms with van der Waals surface area (Å²) in [6.45, 7) is 6.44. The van der Waals surface area contributed by atoms with Crippen LogP contribution in [0.15, 0.2) is 36.4 Å². The second-order valence-corrected chi connectivity index (χ2v) is 18.2. The van der Waals surface area contributed by atoms with Crippen molar-refractivity contribution in [2.45, 2.75) is 120 Å². The van der Waals surface area contributed by atoms with Gasteiger partial charge in [0.05, 0.1) is 29.2 Å². The molecule has 3 fully saturated rings. The first kappa shape index (κ1) is 41.9. The van der Waals surface area contributed by atoms with Crippen LogP contribution in [-0.2, 0) is 24.4 Å². The Morgan fingerprint density at radius 3 is 2.33 bits per heavy atom. The number of carboxylic acid groups (broad SMARTS) is 1. The van der Waals surface area contributed by atoms with Crippen LogP contribution in [0.25, 0.3) is 10.8 Å². The average Bonchev–Trinajstić information content (AvgIpc) is 4.05. The molecule has 1 saturated heterocycles. The summed E-state index contributed by atoms with van der Waals surface area (Å²) in [5.41, 5.74) is -4.74. The minimum Gasteiger partial charge on any atom is -0.476 e. The van der Waals surface area contributed by atoms with Gasteiger partial charge in [0.25, 0.3) is 5.91 Å². The molecular formula is C38H49F3N6O9S. The van der Waals surface area contributed by atoms with E-state index in [4.69, 9.17) is 9.47 Å². The summed E-state index contributed by atoms with van der Waals surface area (Å²) >= 11 is 0. The molecule has 0 spiro atoms. The number of nitrogens with one attached hydrogen (secondary N) is 2. The number of rotatable bonds is 9. The minimum absolute atomic E-state index is 0.0206. The number of halogens is 3. The van der Waals surface area contributed by atoms with E-state index in [9.17, 15) is 45.9 Å². The number of aromatic nitrogens is 2.